The molecule has 6 atom stereocenters. The van der Waals surface area contributed by atoms with Gasteiger partial charge in [0.2, 0.25) is 5.91 Å². The van der Waals surface area contributed by atoms with E-state index >= 15 is 0 Å². The molecule has 12 heteroatoms. The maximum atomic E-state index is 12.2. The fraction of sp³-hybridized carbons (Fsp3) is 0.476. The van der Waals surface area contributed by atoms with Gasteiger partial charge in [-0.3, -0.25) is 4.79 Å². The van der Waals surface area contributed by atoms with E-state index in [1.54, 1.807) is 13.0 Å². The third kappa shape index (κ3) is 4.99. The quantitative estimate of drug-likeness (QED) is 0.263. The van der Waals surface area contributed by atoms with Crippen LogP contribution in [0.3, 0.4) is 0 Å². The summed E-state index contributed by atoms with van der Waals surface area (Å²) in [6, 6.07) is 4.21. The number of amides is 1. The van der Waals surface area contributed by atoms with Crippen LogP contribution in [0.4, 0.5) is 0 Å². The van der Waals surface area contributed by atoms with Crippen LogP contribution in [-0.2, 0) is 14.3 Å². The number of ether oxygens (including phenoxy) is 2. The third-order valence-corrected chi connectivity index (χ3v) is 5.39. The number of benzene rings is 1. The molecule has 6 N–H and O–H groups in total. The van der Waals surface area contributed by atoms with Gasteiger partial charge in [0.15, 0.2) is 0 Å². The molecule has 12 nitrogen and oxygen atoms in total. The minimum absolute atomic E-state index is 0.0835. The highest BCUT2D eigenvalue weighted by Gasteiger charge is 2.56. The van der Waals surface area contributed by atoms with Crippen molar-refractivity contribution in [2.24, 2.45) is 0 Å². The molecule has 0 unspecified atom stereocenters. The second kappa shape index (κ2) is 9.45. The van der Waals surface area contributed by atoms with Crippen LogP contribution >= 0.6 is 0 Å². The topological polar surface area (TPSA) is 196 Å². The van der Waals surface area contributed by atoms with E-state index in [4.69, 9.17) is 13.9 Å². The van der Waals surface area contributed by atoms with E-state index in [1.807, 2.05) is 0 Å². The average molecular weight is 467 g/mol. The van der Waals surface area contributed by atoms with Crippen molar-refractivity contribution in [2.75, 3.05) is 6.61 Å². The maximum absolute atomic E-state index is 12.2. The zero-order valence-corrected chi connectivity index (χ0v) is 17.8. The molecule has 1 aromatic carbocycles. The van der Waals surface area contributed by atoms with E-state index in [-0.39, 0.29) is 11.3 Å². The standard InChI is InChI=1S/C21H25NO11/c1-9-5-16(27)31-15-6-11(3-4-12(9)15)32-21(20(29)30)7-13(25)17(22-10(2)24)19(33-21)18(28)14(26)8-23/h3-6,13-14,17-19,23,25-26,28H,7-8H2,1-2H3,(H,22,24)(H,29,30)/t13-,14-,17+,18-,19-,21-/m1/s1. The van der Waals surface area contributed by atoms with Crippen LogP contribution in [0, 0.1) is 6.92 Å². The molecule has 1 aromatic heterocycles. The van der Waals surface area contributed by atoms with Crippen molar-refractivity contribution in [3.8, 4) is 5.75 Å². The summed E-state index contributed by atoms with van der Waals surface area (Å²) in [5, 5.41) is 53.0. The Morgan fingerprint density at radius 3 is 2.61 bits per heavy atom. The molecule has 0 bridgehead atoms. The normalized spacial score (nSPS) is 27.0. The summed E-state index contributed by atoms with van der Waals surface area (Å²) in [7, 11) is 0. The van der Waals surface area contributed by atoms with Gasteiger partial charge >= 0.3 is 17.4 Å². The molecule has 1 aliphatic heterocycles. The Labute approximate surface area is 187 Å². The van der Waals surface area contributed by atoms with Crippen LogP contribution < -0.4 is 15.7 Å². The highest BCUT2D eigenvalue weighted by atomic mass is 16.7. The van der Waals surface area contributed by atoms with Gasteiger partial charge in [0.25, 0.3) is 0 Å². The summed E-state index contributed by atoms with van der Waals surface area (Å²) in [5.41, 5.74) is 0.135. The lowest BCUT2D eigenvalue weighted by atomic mass is 9.88. The van der Waals surface area contributed by atoms with Crippen LogP contribution in [0.25, 0.3) is 11.0 Å². The smallest absolute Gasteiger partial charge is 0.377 e. The minimum Gasteiger partial charge on any atom is -0.476 e. The van der Waals surface area contributed by atoms with Crippen LogP contribution in [0.15, 0.2) is 33.5 Å². The van der Waals surface area contributed by atoms with Crippen molar-refractivity contribution >= 4 is 22.8 Å². The van der Waals surface area contributed by atoms with Crippen LogP contribution in [-0.4, -0.2) is 80.3 Å². The molecule has 1 saturated heterocycles. The highest BCUT2D eigenvalue weighted by molar-refractivity contribution is 5.82. The minimum atomic E-state index is -2.55. The number of rotatable bonds is 7. The summed E-state index contributed by atoms with van der Waals surface area (Å²) in [6.07, 6.45) is -7.56. The lowest BCUT2D eigenvalue weighted by molar-refractivity contribution is -0.284. The van der Waals surface area contributed by atoms with Gasteiger partial charge in [0.05, 0.1) is 25.2 Å². The van der Waals surface area contributed by atoms with E-state index in [1.165, 1.54) is 18.2 Å². The Hall–Kier alpha value is -3.03. The van der Waals surface area contributed by atoms with Crippen molar-refractivity contribution in [3.05, 3.63) is 40.2 Å². The van der Waals surface area contributed by atoms with E-state index in [2.05, 4.69) is 5.32 Å². The number of fused-ring (bicyclic) bond motifs is 1. The molecule has 3 rings (SSSR count). The molecule has 0 radical (unpaired) electrons. The van der Waals surface area contributed by atoms with Crippen molar-refractivity contribution in [1.29, 1.82) is 0 Å². The fourth-order valence-electron chi connectivity index (χ4n) is 3.79. The van der Waals surface area contributed by atoms with Gasteiger partial charge in [0, 0.05) is 24.4 Å². The summed E-state index contributed by atoms with van der Waals surface area (Å²) < 4.78 is 16.3. The first-order valence-electron chi connectivity index (χ1n) is 10.0. The first-order valence-corrected chi connectivity index (χ1v) is 10.0. The number of carboxylic acid groups (broad SMARTS) is 1. The largest absolute Gasteiger partial charge is 0.476 e. The molecule has 0 aliphatic carbocycles. The Kier molecular flexibility index (Phi) is 7.05. The lowest BCUT2D eigenvalue weighted by Crippen LogP contribution is -2.68. The van der Waals surface area contributed by atoms with Crippen molar-refractivity contribution in [2.45, 2.75) is 56.5 Å². The number of carboxylic acids is 1. The Morgan fingerprint density at radius 2 is 2.00 bits per heavy atom. The Balaban J connectivity index is 2.01. The van der Waals surface area contributed by atoms with E-state index in [0.717, 1.165) is 6.92 Å². The molecule has 180 valence electrons. The second-order valence-corrected chi connectivity index (χ2v) is 7.89. The highest BCUT2D eigenvalue weighted by Crippen LogP contribution is 2.35. The SMILES string of the molecule is CC(=O)N[C@@H]1[C@H]([C@H](O)[C@H](O)CO)O[C@@](Oc2ccc3c(C)cc(=O)oc3c2)(C(=O)O)C[C@H]1O. The molecule has 1 amide bonds. The fourth-order valence-corrected chi connectivity index (χ4v) is 3.79. The average Bonchev–Trinajstić information content (AvgIpc) is 2.73. The summed E-state index contributed by atoms with van der Waals surface area (Å²) in [6.45, 7) is 1.94. The van der Waals surface area contributed by atoms with Crippen LogP contribution in [0.2, 0.25) is 0 Å². The van der Waals surface area contributed by atoms with Crippen LogP contribution in [0.5, 0.6) is 5.75 Å². The van der Waals surface area contributed by atoms with Crippen molar-refractivity contribution in [3.63, 3.8) is 0 Å². The van der Waals surface area contributed by atoms with E-state index in [0.29, 0.717) is 10.9 Å². The molecule has 2 aromatic rings. The zero-order valence-electron chi connectivity index (χ0n) is 17.8. The van der Waals surface area contributed by atoms with Gasteiger partial charge in [-0.1, -0.05) is 0 Å². The Morgan fingerprint density at radius 1 is 1.30 bits per heavy atom. The summed E-state index contributed by atoms with van der Waals surface area (Å²) in [5.74, 6) is -4.90. The second-order valence-electron chi connectivity index (χ2n) is 7.89. The number of hydrogen-bond acceptors (Lipinski definition) is 10. The maximum Gasteiger partial charge on any atom is 0.377 e. The molecular formula is C21H25NO11. The number of aryl methyl sites for hydroxylation is 1. The monoisotopic (exact) mass is 467 g/mol. The van der Waals surface area contributed by atoms with Crippen LogP contribution in [0.1, 0.15) is 18.9 Å². The molecule has 0 spiro atoms. The van der Waals surface area contributed by atoms with E-state index < -0.39 is 66.8 Å². The molecule has 2 heterocycles. The number of carbonyl (C=O) groups is 2. The van der Waals surface area contributed by atoms with Gasteiger partial charge in [-0.2, -0.15) is 0 Å². The van der Waals surface area contributed by atoms with E-state index in [9.17, 15) is 39.9 Å². The first kappa shape index (κ1) is 24.6. The Bertz CT molecular complexity index is 1100. The van der Waals surface area contributed by atoms with Gasteiger partial charge in [-0.15, -0.1) is 0 Å². The van der Waals surface area contributed by atoms with Gasteiger partial charge < -0.3 is 44.7 Å². The molecular weight excluding hydrogens is 442 g/mol. The first-order chi connectivity index (χ1) is 15.5. The number of nitrogens with one attached hydrogen (secondary N) is 1. The number of aliphatic hydroxyl groups excluding tert-OH is 4. The predicted octanol–water partition coefficient (Wildman–Crippen LogP) is -1.37. The van der Waals surface area contributed by atoms with Gasteiger partial charge in [0.1, 0.15) is 29.6 Å². The number of aliphatic hydroxyl groups is 4. The molecule has 33 heavy (non-hydrogen) atoms. The number of aliphatic carboxylic acids is 1. The number of carbonyl (C=O) groups excluding carboxylic acids is 1. The molecule has 1 fully saturated rings. The molecule has 0 saturated carbocycles. The molecule has 1 aliphatic rings. The van der Waals surface area contributed by atoms with Gasteiger partial charge in [-0.05, 0) is 24.6 Å². The lowest BCUT2D eigenvalue weighted by Gasteiger charge is -2.46. The van der Waals surface area contributed by atoms with Crippen molar-refractivity contribution < 1.29 is 49.0 Å². The van der Waals surface area contributed by atoms with Crippen molar-refractivity contribution in [1.82, 2.24) is 5.32 Å². The van der Waals surface area contributed by atoms with Gasteiger partial charge in [-0.25, -0.2) is 9.59 Å². The predicted molar refractivity (Wildman–Crippen MR) is 110 cm³/mol. The number of hydrogen-bond donors (Lipinski definition) is 6. The third-order valence-electron chi connectivity index (χ3n) is 5.39. The summed E-state index contributed by atoms with van der Waals surface area (Å²) in [4.78, 5) is 35.5. The summed E-state index contributed by atoms with van der Waals surface area (Å²) >= 11 is 0. The zero-order chi connectivity index (χ0) is 24.5.